The zero-order chi connectivity index (χ0) is 14.0. The Hall–Kier alpha value is -1.85. The average molecular weight is 261 g/mol. The van der Waals surface area contributed by atoms with Crippen LogP contribution in [0.1, 0.15) is 11.3 Å². The first-order valence-corrected chi connectivity index (χ1v) is 6.23. The van der Waals surface area contributed by atoms with Crippen molar-refractivity contribution in [2.75, 3.05) is 6.54 Å². The third-order valence-corrected chi connectivity index (χ3v) is 3.47. The van der Waals surface area contributed by atoms with Gasteiger partial charge in [-0.25, -0.2) is 0 Å². The normalized spacial score (nSPS) is 12.8. The molecule has 5 heteroatoms. The van der Waals surface area contributed by atoms with Crippen LogP contribution in [0.25, 0.3) is 10.9 Å². The van der Waals surface area contributed by atoms with Gasteiger partial charge in [0.25, 0.3) is 0 Å². The van der Waals surface area contributed by atoms with Crippen molar-refractivity contribution in [3.8, 4) is 0 Å². The molecule has 0 bridgehead atoms. The number of aliphatic hydroxyl groups excluding tert-OH is 1. The van der Waals surface area contributed by atoms with Crippen molar-refractivity contribution in [3.63, 3.8) is 0 Å². The van der Waals surface area contributed by atoms with Gasteiger partial charge >= 0.3 is 0 Å². The minimum absolute atomic E-state index is 0.163. The summed E-state index contributed by atoms with van der Waals surface area (Å²) in [6.07, 6.45) is -1.14. The number of amides is 1. The maximum atomic E-state index is 10.7. The first-order valence-electron chi connectivity index (χ1n) is 6.23. The fourth-order valence-electron chi connectivity index (χ4n) is 2.31. The number of aromatic nitrogens is 1. The molecule has 19 heavy (non-hydrogen) atoms. The number of para-hydroxylation sites is 1. The molecule has 0 spiro atoms. The zero-order valence-corrected chi connectivity index (χ0v) is 11.2. The molecule has 0 fully saturated rings. The summed E-state index contributed by atoms with van der Waals surface area (Å²) in [4.78, 5) is 10.7. The lowest BCUT2D eigenvalue weighted by molar-refractivity contribution is -0.125. The summed E-state index contributed by atoms with van der Waals surface area (Å²) >= 11 is 0. The molecule has 1 heterocycles. The lowest BCUT2D eigenvalue weighted by Gasteiger charge is -2.10. The van der Waals surface area contributed by atoms with E-state index in [2.05, 4.69) is 28.9 Å². The largest absolute Gasteiger partial charge is 0.382 e. The van der Waals surface area contributed by atoms with E-state index in [4.69, 9.17) is 5.73 Å². The number of primary amides is 1. The number of benzene rings is 1. The van der Waals surface area contributed by atoms with E-state index in [9.17, 15) is 9.90 Å². The van der Waals surface area contributed by atoms with Gasteiger partial charge in [0.1, 0.15) is 6.10 Å². The van der Waals surface area contributed by atoms with E-state index in [-0.39, 0.29) is 6.54 Å². The maximum absolute atomic E-state index is 10.7. The fourth-order valence-corrected chi connectivity index (χ4v) is 2.31. The summed E-state index contributed by atoms with van der Waals surface area (Å²) in [6.45, 7) is 2.82. The third-order valence-electron chi connectivity index (χ3n) is 3.47. The number of hydrogen-bond acceptors (Lipinski definition) is 3. The summed E-state index contributed by atoms with van der Waals surface area (Å²) in [5.41, 5.74) is 8.52. The monoisotopic (exact) mass is 261 g/mol. The van der Waals surface area contributed by atoms with E-state index in [1.54, 1.807) is 0 Å². The number of nitrogens with zero attached hydrogens (tertiary/aromatic N) is 1. The van der Waals surface area contributed by atoms with Gasteiger partial charge in [0.05, 0.1) is 0 Å². The van der Waals surface area contributed by atoms with E-state index in [1.165, 1.54) is 16.5 Å². The Morgan fingerprint density at radius 1 is 1.47 bits per heavy atom. The predicted molar refractivity (Wildman–Crippen MR) is 74.6 cm³/mol. The second-order valence-corrected chi connectivity index (χ2v) is 4.70. The number of rotatable bonds is 5. The van der Waals surface area contributed by atoms with Crippen LogP contribution in [0.15, 0.2) is 24.3 Å². The first-order chi connectivity index (χ1) is 9.02. The van der Waals surface area contributed by atoms with Gasteiger partial charge in [0.2, 0.25) is 5.91 Å². The maximum Gasteiger partial charge on any atom is 0.247 e. The zero-order valence-electron chi connectivity index (χ0n) is 11.2. The summed E-state index contributed by atoms with van der Waals surface area (Å²) in [7, 11) is 2.01. The van der Waals surface area contributed by atoms with E-state index in [0.29, 0.717) is 6.54 Å². The fraction of sp³-hybridized carbons (Fsp3) is 0.357. The Morgan fingerprint density at radius 3 is 2.79 bits per heavy atom. The van der Waals surface area contributed by atoms with Crippen LogP contribution in [0.2, 0.25) is 0 Å². The minimum Gasteiger partial charge on any atom is -0.382 e. The molecule has 0 aliphatic rings. The summed E-state index contributed by atoms with van der Waals surface area (Å²) in [5, 5.41) is 13.6. The highest BCUT2D eigenvalue weighted by Crippen LogP contribution is 2.24. The van der Waals surface area contributed by atoms with Gasteiger partial charge in [-0.05, 0) is 18.6 Å². The van der Waals surface area contributed by atoms with Gasteiger partial charge in [-0.15, -0.1) is 0 Å². The van der Waals surface area contributed by atoms with E-state index < -0.39 is 12.0 Å². The number of aryl methyl sites for hydroxylation is 2. The van der Waals surface area contributed by atoms with Gasteiger partial charge in [0, 0.05) is 36.7 Å². The van der Waals surface area contributed by atoms with Crippen molar-refractivity contribution < 1.29 is 9.90 Å². The van der Waals surface area contributed by atoms with E-state index in [0.717, 1.165) is 5.69 Å². The number of nitrogens with two attached hydrogens (primary N) is 1. The standard InChI is InChI=1S/C14H19N3O2/c1-9-10-5-3-4-6-11(10)17(2)12(9)7-16-8-13(18)14(15)19/h3-6,13,16,18H,7-8H2,1-2H3,(H2,15,19). The molecule has 102 valence electrons. The average Bonchev–Trinajstić information content (AvgIpc) is 2.64. The van der Waals surface area contributed by atoms with Gasteiger partial charge in [-0.3, -0.25) is 4.79 Å². The van der Waals surface area contributed by atoms with Gasteiger partial charge in [0.15, 0.2) is 0 Å². The van der Waals surface area contributed by atoms with Crippen LogP contribution in [0.3, 0.4) is 0 Å². The van der Waals surface area contributed by atoms with Gasteiger partial charge < -0.3 is 20.7 Å². The molecule has 1 unspecified atom stereocenters. The first kappa shape index (κ1) is 13.6. The van der Waals surface area contributed by atoms with Crippen LogP contribution >= 0.6 is 0 Å². The summed E-state index contributed by atoms with van der Waals surface area (Å²) < 4.78 is 2.12. The molecule has 0 aliphatic carbocycles. The highest BCUT2D eigenvalue weighted by molar-refractivity contribution is 5.85. The minimum atomic E-state index is -1.14. The Balaban J connectivity index is 2.15. The molecule has 1 aromatic carbocycles. The van der Waals surface area contributed by atoms with Crippen LogP contribution in [0.4, 0.5) is 0 Å². The summed E-state index contributed by atoms with van der Waals surface area (Å²) in [6, 6.07) is 8.19. The number of aliphatic hydroxyl groups is 1. The SMILES string of the molecule is Cc1c(CNCC(O)C(N)=O)n(C)c2ccccc12. The molecule has 2 aromatic rings. The smallest absolute Gasteiger partial charge is 0.247 e. The van der Waals surface area contributed by atoms with Crippen molar-refractivity contribution in [3.05, 3.63) is 35.5 Å². The van der Waals surface area contributed by atoms with Gasteiger partial charge in [-0.2, -0.15) is 0 Å². The molecule has 2 rings (SSSR count). The highest BCUT2D eigenvalue weighted by atomic mass is 16.3. The molecule has 1 aromatic heterocycles. The molecular weight excluding hydrogens is 242 g/mol. The molecule has 0 saturated carbocycles. The molecular formula is C14H19N3O2. The number of fused-ring (bicyclic) bond motifs is 1. The van der Waals surface area contributed by atoms with Crippen molar-refractivity contribution in [2.24, 2.45) is 12.8 Å². The number of carbonyl (C=O) groups excluding carboxylic acids is 1. The number of nitrogens with one attached hydrogen (secondary N) is 1. The quantitative estimate of drug-likeness (QED) is 0.730. The molecule has 4 N–H and O–H groups in total. The topological polar surface area (TPSA) is 80.3 Å². The lowest BCUT2D eigenvalue weighted by atomic mass is 10.1. The second kappa shape index (κ2) is 5.42. The van der Waals surface area contributed by atoms with Gasteiger partial charge in [-0.1, -0.05) is 18.2 Å². The van der Waals surface area contributed by atoms with Crippen LogP contribution in [0.5, 0.6) is 0 Å². The molecule has 1 amide bonds. The van der Waals surface area contributed by atoms with Crippen LogP contribution in [-0.4, -0.2) is 28.2 Å². The third kappa shape index (κ3) is 2.62. The second-order valence-electron chi connectivity index (χ2n) is 4.70. The Kier molecular flexibility index (Phi) is 3.87. The molecule has 1 atom stereocenters. The highest BCUT2D eigenvalue weighted by Gasteiger charge is 2.13. The number of hydrogen-bond donors (Lipinski definition) is 3. The number of carbonyl (C=O) groups is 1. The van der Waals surface area contributed by atoms with Crippen molar-refractivity contribution >= 4 is 16.8 Å². The van der Waals surface area contributed by atoms with E-state index >= 15 is 0 Å². The van der Waals surface area contributed by atoms with Crippen LogP contribution < -0.4 is 11.1 Å². The van der Waals surface area contributed by atoms with Crippen molar-refractivity contribution in [1.82, 2.24) is 9.88 Å². The molecule has 0 saturated heterocycles. The Morgan fingerprint density at radius 2 is 2.16 bits per heavy atom. The summed E-state index contributed by atoms with van der Waals surface area (Å²) in [5.74, 6) is -0.707. The molecule has 5 nitrogen and oxygen atoms in total. The molecule has 0 radical (unpaired) electrons. The van der Waals surface area contributed by atoms with Crippen molar-refractivity contribution in [2.45, 2.75) is 19.6 Å². The lowest BCUT2D eigenvalue weighted by Crippen LogP contribution is -2.37. The van der Waals surface area contributed by atoms with Crippen LogP contribution in [0, 0.1) is 6.92 Å². The predicted octanol–water partition coefficient (Wildman–Crippen LogP) is 0.423. The van der Waals surface area contributed by atoms with E-state index in [1.807, 2.05) is 19.2 Å². The Labute approximate surface area is 112 Å². The Bertz CT molecular complexity index is 565. The van der Waals surface area contributed by atoms with Crippen LogP contribution in [-0.2, 0) is 18.4 Å². The van der Waals surface area contributed by atoms with Crippen molar-refractivity contribution in [1.29, 1.82) is 0 Å². The molecule has 0 aliphatic heterocycles.